The van der Waals surface area contributed by atoms with Crippen molar-refractivity contribution in [3.63, 3.8) is 0 Å². The molecule has 0 spiro atoms. The summed E-state index contributed by atoms with van der Waals surface area (Å²) in [6.07, 6.45) is 5.67. The summed E-state index contributed by atoms with van der Waals surface area (Å²) in [6, 6.07) is 5.15. The number of hydrogen-bond acceptors (Lipinski definition) is 4. The summed E-state index contributed by atoms with van der Waals surface area (Å²) in [5, 5.41) is 5.82. The second-order valence-electron chi connectivity index (χ2n) is 6.87. The number of hydrazone groups is 1. The molecule has 140 valence electrons. The summed E-state index contributed by atoms with van der Waals surface area (Å²) in [5.41, 5.74) is 6.40. The molecule has 1 aromatic carbocycles. The Bertz CT molecular complexity index is 698. The van der Waals surface area contributed by atoms with Gasteiger partial charge in [-0.25, -0.2) is 4.39 Å². The first kappa shape index (κ1) is 18.4. The molecule has 2 N–H and O–H groups in total. The average molecular weight is 360 g/mol. The third-order valence-electron chi connectivity index (χ3n) is 5.19. The number of nitrogens with two attached hydrogens (primary N) is 1. The third-order valence-corrected chi connectivity index (χ3v) is 5.19. The van der Waals surface area contributed by atoms with Crippen LogP contribution in [-0.2, 0) is 9.59 Å². The SMILES string of the molecule is CCN(C(=O)C1=NN(c2ccc(F)cc2)[C@H](C(N)=O)C1)C1CCCCC1. The van der Waals surface area contributed by atoms with Crippen LogP contribution in [0.1, 0.15) is 45.4 Å². The van der Waals surface area contributed by atoms with Crippen LogP contribution in [-0.4, -0.2) is 41.1 Å². The number of halogens is 1. The van der Waals surface area contributed by atoms with Crippen LogP contribution in [0, 0.1) is 5.82 Å². The topological polar surface area (TPSA) is 79.0 Å². The summed E-state index contributed by atoms with van der Waals surface area (Å²) in [6.45, 7) is 2.58. The molecule has 1 aromatic rings. The Hall–Kier alpha value is -2.44. The van der Waals surface area contributed by atoms with Crippen molar-refractivity contribution in [1.82, 2.24) is 4.90 Å². The zero-order chi connectivity index (χ0) is 18.7. The van der Waals surface area contributed by atoms with Crippen LogP contribution >= 0.6 is 0 Å². The van der Waals surface area contributed by atoms with Crippen LogP contribution in [0.15, 0.2) is 29.4 Å². The van der Waals surface area contributed by atoms with Crippen molar-refractivity contribution < 1.29 is 14.0 Å². The summed E-state index contributed by atoms with van der Waals surface area (Å²) in [5.74, 6) is -1.06. The number of anilines is 1. The summed E-state index contributed by atoms with van der Waals surface area (Å²) >= 11 is 0. The Kier molecular flexibility index (Phi) is 5.54. The molecule has 0 saturated heterocycles. The van der Waals surface area contributed by atoms with E-state index in [9.17, 15) is 14.0 Å². The molecule has 0 unspecified atom stereocenters. The number of nitrogens with zero attached hydrogens (tertiary/aromatic N) is 3. The first-order chi connectivity index (χ1) is 12.5. The van der Waals surface area contributed by atoms with Crippen molar-refractivity contribution in [3.8, 4) is 0 Å². The van der Waals surface area contributed by atoms with E-state index in [-0.39, 0.29) is 24.2 Å². The molecule has 26 heavy (non-hydrogen) atoms. The average Bonchev–Trinajstić information content (AvgIpc) is 3.09. The number of carbonyl (C=O) groups excluding carboxylic acids is 2. The summed E-state index contributed by atoms with van der Waals surface area (Å²) < 4.78 is 13.2. The molecule has 1 heterocycles. The van der Waals surface area contributed by atoms with E-state index in [1.807, 2.05) is 11.8 Å². The van der Waals surface area contributed by atoms with Crippen LogP contribution in [0.3, 0.4) is 0 Å². The molecule has 2 aliphatic rings. The van der Waals surface area contributed by atoms with E-state index in [0.29, 0.717) is 17.9 Å². The number of rotatable bonds is 5. The molecular weight excluding hydrogens is 335 g/mol. The standard InChI is InChI=1S/C19H25FN4O2/c1-2-23(14-6-4-3-5-7-14)19(26)16-12-17(18(21)25)24(22-16)15-10-8-13(20)9-11-15/h8-11,14,17H,2-7,12H2,1H3,(H2,21,25)/t17-/m0/s1. The molecular formula is C19H25FN4O2. The number of amides is 2. The minimum atomic E-state index is -0.732. The second kappa shape index (κ2) is 7.85. The largest absolute Gasteiger partial charge is 0.368 e. The van der Waals surface area contributed by atoms with Crippen LogP contribution in [0.2, 0.25) is 0 Å². The first-order valence-electron chi connectivity index (χ1n) is 9.23. The summed E-state index contributed by atoms with van der Waals surface area (Å²) in [7, 11) is 0. The minimum Gasteiger partial charge on any atom is -0.368 e. The van der Waals surface area contributed by atoms with Gasteiger partial charge in [0.15, 0.2) is 0 Å². The molecule has 1 aliphatic heterocycles. The van der Waals surface area contributed by atoms with Gasteiger partial charge in [-0.3, -0.25) is 14.6 Å². The van der Waals surface area contributed by atoms with Crippen LogP contribution < -0.4 is 10.7 Å². The van der Waals surface area contributed by atoms with E-state index in [4.69, 9.17) is 5.73 Å². The smallest absolute Gasteiger partial charge is 0.270 e. The van der Waals surface area contributed by atoms with Crippen molar-refractivity contribution in [2.45, 2.75) is 57.5 Å². The molecule has 1 fully saturated rings. The van der Waals surface area contributed by atoms with E-state index >= 15 is 0 Å². The predicted octanol–water partition coefficient (Wildman–Crippen LogP) is 2.43. The lowest BCUT2D eigenvalue weighted by atomic mass is 9.93. The van der Waals surface area contributed by atoms with Gasteiger partial charge in [-0.2, -0.15) is 5.10 Å². The summed E-state index contributed by atoms with van der Waals surface area (Å²) in [4.78, 5) is 26.8. The maximum Gasteiger partial charge on any atom is 0.270 e. The highest BCUT2D eigenvalue weighted by molar-refractivity contribution is 6.40. The zero-order valence-corrected chi connectivity index (χ0v) is 15.0. The fraction of sp³-hybridized carbons (Fsp3) is 0.526. The highest BCUT2D eigenvalue weighted by Gasteiger charge is 2.37. The molecule has 6 nitrogen and oxygen atoms in total. The normalized spacial score (nSPS) is 20.8. The Morgan fingerprint density at radius 2 is 1.88 bits per heavy atom. The molecule has 1 saturated carbocycles. The Labute approximate surface area is 152 Å². The molecule has 1 aliphatic carbocycles. The molecule has 7 heteroatoms. The third kappa shape index (κ3) is 3.71. The van der Waals surface area contributed by atoms with Gasteiger partial charge in [0.25, 0.3) is 5.91 Å². The number of carbonyl (C=O) groups is 2. The van der Waals surface area contributed by atoms with Gasteiger partial charge < -0.3 is 10.6 Å². The molecule has 1 atom stereocenters. The Morgan fingerprint density at radius 1 is 1.23 bits per heavy atom. The fourth-order valence-electron chi connectivity index (χ4n) is 3.82. The quantitative estimate of drug-likeness (QED) is 0.876. The van der Waals surface area contributed by atoms with Gasteiger partial charge in [-0.15, -0.1) is 0 Å². The highest BCUT2D eigenvalue weighted by atomic mass is 19.1. The van der Waals surface area contributed by atoms with Crippen molar-refractivity contribution in [2.24, 2.45) is 10.8 Å². The molecule has 3 rings (SSSR count). The van der Waals surface area contributed by atoms with Gasteiger partial charge in [0, 0.05) is 19.0 Å². The van der Waals surface area contributed by atoms with Gasteiger partial charge in [0.05, 0.1) is 5.69 Å². The second-order valence-corrected chi connectivity index (χ2v) is 6.87. The van der Waals surface area contributed by atoms with Gasteiger partial charge >= 0.3 is 0 Å². The van der Waals surface area contributed by atoms with E-state index in [2.05, 4.69) is 5.10 Å². The molecule has 0 aromatic heterocycles. The van der Waals surface area contributed by atoms with Gasteiger partial charge in [-0.05, 0) is 44.0 Å². The maximum atomic E-state index is 13.2. The van der Waals surface area contributed by atoms with E-state index in [0.717, 1.165) is 25.7 Å². The van der Waals surface area contributed by atoms with Crippen molar-refractivity contribution >= 4 is 23.2 Å². The lowest BCUT2D eigenvalue weighted by Crippen LogP contribution is -2.45. The van der Waals surface area contributed by atoms with Gasteiger partial charge in [0.2, 0.25) is 5.91 Å². The van der Waals surface area contributed by atoms with Crippen LogP contribution in [0.25, 0.3) is 0 Å². The highest BCUT2D eigenvalue weighted by Crippen LogP contribution is 2.27. The van der Waals surface area contributed by atoms with E-state index < -0.39 is 11.9 Å². The number of primary amides is 1. The van der Waals surface area contributed by atoms with E-state index in [1.165, 1.54) is 35.7 Å². The maximum absolute atomic E-state index is 13.2. The minimum absolute atomic E-state index is 0.129. The monoisotopic (exact) mass is 360 g/mol. The van der Waals surface area contributed by atoms with Crippen molar-refractivity contribution in [1.29, 1.82) is 0 Å². The van der Waals surface area contributed by atoms with Crippen molar-refractivity contribution in [2.75, 3.05) is 11.6 Å². The fourth-order valence-corrected chi connectivity index (χ4v) is 3.82. The van der Waals surface area contributed by atoms with Crippen LogP contribution in [0.5, 0.6) is 0 Å². The van der Waals surface area contributed by atoms with Crippen LogP contribution in [0.4, 0.5) is 10.1 Å². The van der Waals surface area contributed by atoms with Gasteiger partial charge in [0.1, 0.15) is 17.6 Å². The van der Waals surface area contributed by atoms with E-state index in [1.54, 1.807) is 0 Å². The molecule has 0 bridgehead atoms. The lowest BCUT2D eigenvalue weighted by molar-refractivity contribution is -0.126. The number of benzene rings is 1. The lowest BCUT2D eigenvalue weighted by Gasteiger charge is -2.33. The first-order valence-corrected chi connectivity index (χ1v) is 9.23. The van der Waals surface area contributed by atoms with Gasteiger partial charge in [-0.1, -0.05) is 19.3 Å². The predicted molar refractivity (Wildman–Crippen MR) is 98.2 cm³/mol. The number of hydrogen-bond donors (Lipinski definition) is 1. The Balaban J connectivity index is 1.83. The molecule has 0 radical (unpaired) electrons. The Morgan fingerprint density at radius 3 is 2.46 bits per heavy atom. The zero-order valence-electron chi connectivity index (χ0n) is 15.0. The van der Waals surface area contributed by atoms with Crippen molar-refractivity contribution in [3.05, 3.63) is 30.1 Å². The molecule has 2 amide bonds.